The standard InChI is InChI=1S/C13H9ClN4O3/c14-10-3-1-2-9(6-10)12-7-11(21-16-12)8-17-5-4-15-13(17)18(19)20/h1-7H,8H2. The van der Waals surface area contributed by atoms with Crippen LogP contribution in [0.15, 0.2) is 47.2 Å². The lowest BCUT2D eigenvalue weighted by atomic mass is 10.1. The Labute approximate surface area is 123 Å². The van der Waals surface area contributed by atoms with Gasteiger partial charge in [-0.3, -0.25) is 0 Å². The summed E-state index contributed by atoms with van der Waals surface area (Å²) in [5, 5.41) is 15.3. The summed E-state index contributed by atoms with van der Waals surface area (Å²) in [6.45, 7) is 0.184. The number of halogens is 1. The number of nitrogens with zero attached hydrogens (tertiary/aromatic N) is 4. The lowest BCUT2D eigenvalue weighted by Gasteiger charge is -1.97. The number of benzene rings is 1. The predicted octanol–water partition coefficient (Wildman–Crippen LogP) is 3.15. The second-order valence-electron chi connectivity index (χ2n) is 4.30. The van der Waals surface area contributed by atoms with E-state index < -0.39 is 4.92 Å². The molecule has 0 aliphatic rings. The van der Waals surface area contributed by atoms with Crippen molar-refractivity contribution < 1.29 is 9.45 Å². The average Bonchev–Trinajstić information content (AvgIpc) is 3.08. The molecule has 0 aliphatic carbocycles. The van der Waals surface area contributed by atoms with Crippen molar-refractivity contribution in [1.82, 2.24) is 14.7 Å². The fourth-order valence-corrected chi connectivity index (χ4v) is 2.13. The molecule has 0 unspecified atom stereocenters. The van der Waals surface area contributed by atoms with E-state index in [1.54, 1.807) is 18.2 Å². The van der Waals surface area contributed by atoms with Crippen molar-refractivity contribution in [2.75, 3.05) is 0 Å². The average molecular weight is 305 g/mol. The van der Waals surface area contributed by atoms with Crippen molar-refractivity contribution in [3.63, 3.8) is 0 Å². The van der Waals surface area contributed by atoms with Gasteiger partial charge in [0.15, 0.2) is 5.76 Å². The van der Waals surface area contributed by atoms with Gasteiger partial charge in [-0.25, -0.2) is 4.57 Å². The number of aromatic nitrogens is 3. The van der Waals surface area contributed by atoms with Gasteiger partial charge in [0.2, 0.25) is 0 Å². The molecule has 7 nitrogen and oxygen atoms in total. The Morgan fingerprint density at radius 3 is 3.00 bits per heavy atom. The minimum absolute atomic E-state index is 0.184. The van der Waals surface area contributed by atoms with Crippen LogP contribution in [0.2, 0.25) is 5.02 Å². The topological polar surface area (TPSA) is 87.0 Å². The third-order valence-electron chi connectivity index (χ3n) is 2.86. The van der Waals surface area contributed by atoms with E-state index in [2.05, 4.69) is 10.1 Å². The molecule has 106 valence electrons. The molecule has 2 aromatic heterocycles. The van der Waals surface area contributed by atoms with E-state index in [1.165, 1.54) is 17.0 Å². The summed E-state index contributed by atoms with van der Waals surface area (Å²) in [6, 6.07) is 8.92. The molecule has 0 N–H and O–H groups in total. The third kappa shape index (κ3) is 2.77. The van der Waals surface area contributed by atoms with Gasteiger partial charge in [-0.15, -0.1) is 0 Å². The highest BCUT2D eigenvalue weighted by molar-refractivity contribution is 6.30. The maximum Gasteiger partial charge on any atom is 0.434 e. The molecule has 0 saturated carbocycles. The highest BCUT2D eigenvalue weighted by Gasteiger charge is 2.16. The van der Waals surface area contributed by atoms with E-state index in [1.807, 2.05) is 12.1 Å². The maximum absolute atomic E-state index is 10.8. The SMILES string of the molecule is O=[N+]([O-])c1nccn1Cc1cc(-c2cccc(Cl)c2)no1. The normalized spacial score (nSPS) is 10.7. The van der Waals surface area contributed by atoms with Gasteiger partial charge in [-0.1, -0.05) is 33.9 Å². The fourth-order valence-electron chi connectivity index (χ4n) is 1.94. The van der Waals surface area contributed by atoms with Crippen LogP contribution in [0.1, 0.15) is 5.76 Å². The number of hydrogen-bond donors (Lipinski definition) is 0. The van der Waals surface area contributed by atoms with Crippen molar-refractivity contribution >= 4 is 17.5 Å². The van der Waals surface area contributed by atoms with Crippen molar-refractivity contribution in [3.05, 3.63) is 63.6 Å². The number of imidazole rings is 1. The van der Waals surface area contributed by atoms with Gasteiger partial charge in [-0.2, -0.15) is 0 Å². The lowest BCUT2D eigenvalue weighted by Crippen LogP contribution is -2.03. The summed E-state index contributed by atoms with van der Waals surface area (Å²) in [5.41, 5.74) is 1.44. The second kappa shape index (κ2) is 5.37. The molecular formula is C13H9ClN4O3. The van der Waals surface area contributed by atoms with Crippen LogP contribution in [-0.4, -0.2) is 19.6 Å². The van der Waals surface area contributed by atoms with Gasteiger partial charge < -0.3 is 14.6 Å². The molecule has 1 aromatic carbocycles. The van der Waals surface area contributed by atoms with E-state index in [4.69, 9.17) is 16.1 Å². The van der Waals surface area contributed by atoms with E-state index in [9.17, 15) is 10.1 Å². The Kier molecular flexibility index (Phi) is 3.41. The molecule has 0 atom stereocenters. The van der Waals surface area contributed by atoms with Gasteiger partial charge in [0.1, 0.15) is 24.6 Å². The van der Waals surface area contributed by atoms with Crippen LogP contribution in [0.5, 0.6) is 0 Å². The minimum atomic E-state index is -0.547. The van der Waals surface area contributed by atoms with Crippen LogP contribution in [0.3, 0.4) is 0 Å². The fraction of sp³-hybridized carbons (Fsp3) is 0.0769. The number of nitro groups is 1. The van der Waals surface area contributed by atoms with Crippen LogP contribution in [-0.2, 0) is 6.54 Å². The Morgan fingerprint density at radius 1 is 1.38 bits per heavy atom. The minimum Gasteiger partial charge on any atom is -0.390 e. The largest absolute Gasteiger partial charge is 0.434 e. The van der Waals surface area contributed by atoms with E-state index in [0.29, 0.717) is 16.5 Å². The second-order valence-corrected chi connectivity index (χ2v) is 4.74. The quantitative estimate of drug-likeness (QED) is 0.546. The van der Waals surface area contributed by atoms with E-state index in [0.717, 1.165) is 5.56 Å². The first-order valence-electron chi connectivity index (χ1n) is 6.00. The van der Waals surface area contributed by atoms with Crippen LogP contribution in [0.25, 0.3) is 11.3 Å². The molecule has 0 saturated heterocycles. The molecule has 21 heavy (non-hydrogen) atoms. The monoisotopic (exact) mass is 304 g/mol. The Balaban J connectivity index is 1.85. The smallest absolute Gasteiger partial charge is 0.390 e. The summed E-state index contributed by atoms with van der Waals surface area (Å²) in [4.78, 5) is 13.9. The highest BCUT2D eigenvalue weighted by Crippen LogP contribution is 2.23. The van der Waals surface area contributed by atoms with Crippen LogP contribution in [0, 0.1) is 10.1 Å². The van der Waals surface area contributed by atoms with Gasteiger partial charge in [-0.05, 0) is 17.1 Å². The lowest BCUT2D eigenvalue weighted by molar-refractivity contribution is -0.396. The molecule has 0 spiro atoms. The van der Waals surface area contributed by atoms with Crippen molar-refractivity contribution in [1.29, 1.82) is 0 Å². The number of rotatable bonds is 4. The van der Waals surface area contributed by atoms with Crippen LogP contribution >= 0.6 is 11.6 Å². The van der Waals surface area contributed by atoms with E-state index in [-0.39, 0.29) is 12.5 Å². The molecule has 2 heterocycles. The molecule has 3 aromatic rings. The van der Waals surface area contributed by atoms with Gasteiger partial charge in [0.05, 0.1) is 0 Å². The molecule has 0 fully saturated rings. The van der Waals surface area contributed by atoms with Gasteiger partial charge in [0.25, 0.3) is 0 Å². The zero-order valence-corrected chi connectivity index (χ0v) is 11.4. The molecule has 0 aliphatic heterocycles. The molecule has 0 radical (unpaired) electrons. The first kappa shape index (κ1) is 13.3. The first-order chi connectivity index (χ1) is 10.1. The number of hydrogen-bond acceptors (Lipinski definition) is 5. The molecule has 0 bridgehead atoms. The summed E-state index contributed by atoms with van der Waals surface area (Å²) < 4.78 is 6.58. The van der Waals surface area contributed by atoms with Crippen molar-refractivity contribution in [2.24, 2.45) is 0 Å². The summed E-state index contributed by atoms with van der Waals surface area (Å²) >= 11 is 5.93. The van der Waals surface area contributed by atoms with Crippen LogP contribution < -0.4 is 0 Å². The molecule has 0 amide bonds. The van der Waals surface area contributed by atoms with Crippen molar-refractivity contribution in [3.8, 4) is 11.3 Å². The van der Waals surface area contributed by atoms with E-state index >= 15 is 0 Å². The zero-order valence-electron chi connectivity index (χ0n) is 10.6. The molecule has 3 rings (SSSR count). The summed E-state index contributed by atoms with van der Waals surface area (Å²) in [6.07, 6.45) is 2.88. The maximum atomic E-state index is 10.8. The first-order valence-corrected chi connectivity index (χ1v) is 6.38. The Bertz CT molecular complexity index is 796. The zero-order chi connectivity index (χ0) is 14.8. The Hall–Kier alpha value is -2.67. The summed E-state index contributed by atoms with van der Waals surface area (Å²) in [5.74, 6) is 0.252. The molecular weight excluding hydrogens is 296 g/mol. The van der Waals surface area contributed by atoms with Gasteiger partial charge >= 0.3 is 5.95 Å². The Morgan fingerprint density at radius 2 is 2.24 bits per heavy atom. The highest BCUT2D eigenvalue weighted by atomic mass is 35.5. The van der Waals surface area contributed by atoms with Crippen molar-refractivity contribution in [2.45, 2.75) is 6.54 Å². The molecule has 8 heteroatoms. The summed E-state index contributed by atoms with van der Waals surface area (Å²) in [7, 11) is 0. The van der Waals surface area contributed by atoms with Gasteiger partial charge in [0, 0.05) is 16.7 Å². The third-order valence-corrected chi connectivity index (χ3v) is 3.10. The van der Waals surface area contributed by atoms with Crippen LogP contribution in [0.4, 0.5) is 5.95 Å². The predicted molar refractivity (Wildman–Crippen MR) is 74.9 cm³/mol.